The van der Waals surface area contributed by atoms with Gasteiger partial charge >= 0.3 is 18.4 Å². The molecule has 0 aliphatic carbocycles. The molecule has 0 aliphatic rings. The van der Waals surface area contributed by atoms with E-state index in [-0.39, 0.29) is 23.5 Å². The van der Waals surface area contributed by atoms with Gasteiger partial charge in [-0.2, -0.15) is 26.3 Å². The molecule has 13 heteroatoms. The Labute approximate surface area is 185 Å². The van der Waals surface area contributed by atoms with E-state index in [0.29, 0.717) is 23.5 Å². The number of nitrogens with one attached hydrogen (secondary N) is 5. The molecule has 1 aromatic heterocycles. The molecule has 2 aromatic rings. The van der Waals surface area contributed by atoms with Gasteiger partial charge < -0.3 is 16.0 Å². The first-order chi connectivity index (χ1) is 15.1. The SMILES string of the molecule is CNc1c(C(C)C)cc(NNC(=O)Nc2cc(C(F)(F)F)cc(C(F)(F)F)c2)nc1C(C)=N. The highest BCUT2D eigenvalue weighted by Gasteiger charge is 2.37. The third-order valence-electron chi connectivity index (χ3n) is 4.43. The Hall–Kier alpha value is -3.51. The molecular weight excluding hydrogens is 454 g/mol. The molecule has 33 heavy (non-hydrogen) atoms. The number of rotatable bonds is 6. The minimum absolute atomic E-state index is 0.00817. The summed E-state index contributed by atoms with van der Waals surface area (Å²) in [6.45, 7) is 5.31. The summed E-state index contributed by atoms with van der Waals surface area (Å²) in [6.07, 6.45) is -10.1. The molecule has 0 saturated heterocycles. The van der Waals surface area contributed by atoms with Gasteiger partial charge in [-0.25, -0.2) is 9.78 Å². The number of nitrogens with zero attached hydrogens (tertiary/aromatic N) is 1. The molecule has 2 amide bonds. The first-order valence-corrected chi connectivity index (χ1v) is 9.54. The van der Waals surface area contributed by atoms with Gasteiger partial charge in [0, 0.05) is 12.7 Å². The highest BCUT2D eigenvalue weighted by Crippen LogP contribution is 2.37. The Kier molecular flexibility index (Phi) is 7.45. The largest absolute Gasteiger partial charge is 0.416 e. The number of anilines is 3. The van der Waals surface area contributed by atoms with Gasteiger partial charge in [0.2, 0.25) is 0 Å². The topological polar surface area (TPSA) is 102 Å². The second kappa shape index (κ2) is 9.55. The minimum atomic E-state index is -5.04. The van der Waals surface area contributed by atoms with Crippen LogP contribution in [-0.2, 0) is 12.4 Å². The standard InChI is InChI=1S/C20H22F6N6O/c1-9(2)14-8-15(30-16(10(3)27)17(14)28-4)31-32-18(33)29-13-6-11(19(21,22)23)5-12(7-13)20(24,25)26/h5-9,27-28H,1-4H3,(H,30,31)(H2,29,32,33). The van der Waals surface area contributed by atoms with Gasteiger partial charge in [0.05, 0.1) is 22.5 Å². The van der Waals surface area contributed by atoms with Crippen LogP contribution in [0.3, 0.4) is 0 Å². The lowest BCUT2D eigenvalue weighted by Gasteiger charge is -2.19. The van der Waals surface area contributed by atoms with Crippen LogP contribution in [0.4, 0.5) is 48.3 Å². The van der Waals surface area contributed by atoms with Gasteiger partial charge in [0.15, 0.2) is 0 Å². The van der Waals surface area contributed by atoms with E-state index in [1.807, 2.05) is 19.2 Å². The van der Waals surface area contributed by atoms with E-state index in [2.05, 4.69) is 21.2 Å². The summed E-state index contributed by atoms with van der Waals surface area (Å²) in [5.41, 5.74) is 2.59. The number of benzene rings is 1. The third-order valence-corrected chi connectivity index (χ3v) is 4.43. The summed E-state index contributed by atoms with van der Waals surface area (Å²) in [5, 5.41) is 12.8. The van der Waals surface area contributed by atoms with Crippen LogP contribution in [0.15, 0.2) is 24.3 Å². The van der Waals surface area contributed by atoms with Crippen molar-refractivity contribution in [1.29, 1.82) is 5.41 Å². The van der Waals surface area contributed by atoms with Crippen LogP contribution in [0, 0.1) is 5.41 Å². The van der Waals surface area contributed by atoms with Gasteiger partial charge in [-0.15, -0.1) is 0 Å². The third kappa shape index (κ3) is 6.49. The summed E-state index contributed by atoms with van der Waals surface area (Å²) in [7, 11) is 1.67. The lowest BCUT2D eigenvalue weighted by Crippen LogP contribution is -2.34. The van der Waals surface area contributed by atoms with Crippen LogP contribution >= 0.6 is 0 Å². The first kappa shape index (κ1) is 25.7. The normalized spacial score (nSPS) is 11.8. The lowest BCUT2D eigenvalue weighted by molar-refractivity contribution is -0.143. The zero-order valence-electron chi connectivity index (χ0n) is 18.0. The molecule has 2 rings (SSSR count). The number of aromatic nitrogens is 1. The molecule has 0 unspecified atom stereocenters. The molecule has 5 N–H and O–H groups in total. The lowest BCUT2D eigenvalue weighted by atomic mass is 9.99. The number of carbonyl (C=O) groups is 1. The number of alkyl halides is 6. The van der Waals surface area contributed by atoms with Crippen LogP contribution in [0.1, 0.15) is 49.1 Å². The number of amides is 2. The Morgan fingerprint density at radius 3 is 1.97 bits per heavy atom. The second-order valence-corrected chi connectivity index (χ2v) is 7.35. The average Bonchev–Trinajstić information content (AvgIpc) is 2.69. The molecule has 0 fully saturated rings. The Morgan fingerprint density at radius 1 is 1.00 bits per heavy atom. The smallest absolute Gasteiger partial charge is 0.386 e. The predicted molar refractivity (Wildman–Crippen MR) is 113 cm³/mol. The van der Waals surface area contributed by atoms with Gasteiger partial charge in [0.25, 0.3) is 0 Å². The Morgan fingerprint density at radius 2 is 1.55 bits per heavy atom. The fourth-order valence-electron chi connectivity index (χ4n) is 2.93. The summed E-state index contributed by atoms with van der Waals surface area (Å²) >= 11 is 0. The van der Waals surface area contributed by atoms with E-state index in [1.54, 1.807) is 13.1 Å². The van der Waals surface area contributed by atoms with Crippen LogP contribution in [0.25, 0.3) is 0 Å². The zero-order valence-corrected chi connectivity index (χ0v) is 18.0. The maximum absolute atomic E-state index is 13.0. The first-order valence-electron chi connectivity index (χ1n) is 9.54. The molecule has 0 aliphatic heterocycles. The van der Waals surface area contributed by atoms with E-state index < -0.39 is 35.2 Å². The molecule has 0 radical (unpaired) electrons. The van der Waals surface area contributed by atoms with Crippen molar-refractivity contribution in [3.8, 4) is 0 Å². The maximum Gasteiger partial charge on any atom is 0.416 e. The van der Waals surface area contributed by atoms with Crippen LogP contribution in [0.5, 0.6) is 0 Å². The average molecular weight is 476 g/mol. The van der Waals surface area contributed by atoms with Crippen molar-refractivity contribution in [2.24, 2.45) is 0 Å². The van der Waals surface area contributed by atoms with E-state index in [1.165, 1.54) is 6.92 Å². The van der Waals surface area contributed by atoms with Crippen LogP contribution in [0.2, 0.25) is 0 Å². The van der Waals surface area contributed by atoms with E-state index in [4.69, 9.17) is 5.41 Å². The Bertz CT molecular complexity index is 1020. The number of urea groups is 1. The molecular formula is C20H22F6N6O. The number of carbonyl (C=O) groups excluding carboxylic acids is 1. The molecule has 0 saturated carbocycles. The van der Waals surface area contributed by atoms with Crippen molar-refractivity contribution in [2.45, 2.75) is 39.0 Å². The molecule has 1 heterocycles. The second-order valence-electron chi connectivity index (χ2n) is 7.35. The zero-order chi connectivity index (χ0) is 25.1. The monoisotopic (exact) mass is 476 g/mol. The van der Waals surface area contributed by atoms with Gasteiger partial charge in [-0.05, 0) is 42.7 Å². The predicted octanol–water partition coefficient (Wildman–Crippen LogP) is 5.82. The van der Waals surface area contributed by atoms with Crippen molar-refractivity contribution in [2.75, 3.05) is 23.1 Å². The van der Waals surface area contributed by atoms with Crippen molar-refractivity contribution in [1.82, 2.24) is 10.4 Å². The van der Waals surface area contributed by atoms with Crippen molar-refractivity contribution in [3.05, 3.63) is 46.6 Å². The number of hydrogen-bond donors (Lipinski definition) is 5. The molecule has 1 aromatic carbocycles. The fourth-order valence-corrected chi connectivity index (χ4v) is 2.93. The number of hydrazine groups is 1. The van der Waals surface area contributed by atoms with Gasteiger partial charge in [-0.1, -0.05) is 13.8 Å². The Balaban J connectivity index is 2.27. The number of halogens is 6. The number of pyridine rings is 1. The molecule has 7 nitrogen and oxygen atoms in total. The van der Waals surface area contributed by atoms with Crippen molar-refractivity contribution >= 4 is 28.9 Å². The molecule has 0 bridgehead atoms. The molecule has 180 valence electrons. The van der Waals surface area contributed by atoms with Gasteiger partial charge in [0.1, 0.15) is 11.5 Å². The highest BCUT2D eigenvalue weighted by molar-refractivity contribution is 6.00. The maximum atomic E-state index is 13.0. The fraction of sp³-hybridized carbons (Fsp3) is 0.350. The van der Waals surface area contributed by atoms with Gasteiger partial charge in [-0.3, -0.25) is 10.9 Å². The molecule has 0 atom stereocenters. The number of hydrogen-bond acceptors (Lipinski definition) is 5. The summed E-state index contributed by atoms with van der Waals surface area (Å²) in [6, 6.07) is 1.21. The van der Waals surface area contributed by atoms with Crippen LogP contribution < -0.4 is 21.5 Å². The van der Waals surface area contributed by atoms with E-state index >= 15 is 0 Å². The highest BCUT2D eigenvalue weighted by atomic mass is 19.4. The van der Waals surface area contributed by atoms with Crippen molar-refractivity contribution < 1.29 is 31.1 Å². The van der Waals surface area contributed by atoms with Crippen molar-refractivity contribution in [3.63, 3.8) is 0 Å². The minimum Gasteiger partial charge on any atom is -0.386 e. The van der Waals surface area contributed by atoms with E-state index in [9.17, 15) is 31.1 Å². The summed E-state index contributed by atoms with van der Waals surface area (Å²) in [4.78, 5) is 16.4. The summed E-state index contributed by atoms with van der Waals surface area (Å²) in [5.74, 6) is 0.128. The molecule has 0 spiro atoms. The quantitative estimate of drug-likeness (QED) is 0.206. The van der Waals surface area contributed by atoms with E-state index in [0.717, 1.165) is 5.56 Å². The van der Waals surface area contributed by atoms with Crippen LogP contribution in [-0.4, -0.2) is 23.8 Å². The summed E-state index contributed by atoms with van der Waals surface area (Å²) < 4.78 is 77.8.